The lowest BCUT2D eigenvalue weighted by Gasteiger charge is -2.57. The Balaban J connectivity index is 1.79. The quantitative estimate of drug-likeness (QED) is 0.623. The Bertz CT molecular complexity index is 826. The number of fused-ring (bicyclic) bond motifs is 5. The van der Waals surface area contributed by atoms with Crippen LogP contribution in [0.1, 0.15) is 66.2 Å². The molecule has 4 aliphatic rings. The van der Waals surface area contributed by atoms with Gasteiger partial charge in [-0.15, -0.1) is 0 Å². The summed E-state index contributed by atoms with van der Waals surface area (Å²) in [4.78, 5) is 36.6. The molecule has 0 unspecified atom stereocenters. The number of carbonyl (C=O) groups is 3. The molecule has 28 heavy (non-hydrogen) atoms. The van der Waals surface area contributed by atoms with Gasteiger partial charge in [-0.05, 0) is 73.8 Å². The molecule has 0 spiro atoms. The molecule has 0 bridgehead atoms. The molecule has 4 rings (SSSR count). The van der Waals surface area contributed by atoms with E-state index < -0.39 is 5.60 Å². The van der Waals surface area contributed by atoms with Crippen LogP contribution in [0.3, 0.4) is 0 Å². The molecule has 6 atom stereocenters. The predicted molar refractivity (Wildman–Crippen MR) is 107 cm³/mol. The summed E-state index contributed by atoms with van der Waals surface area (Å²) in [5, 5.41) is 0.689. The van der Waals surface area contributed by atoms with E-state index in [-0.39, 0.29) is 40.2 Å². The molecule has 0 saturated heterocycles. The molecule has 2 saturated carbocycles. The van der Waals surface area contributed by atoms with E-state index in [9.17, 15) is 14.4 Å². The average molecular weight is 405 g/mol. The highest BCUT2D eigenvalue weighted by atomic mass is 35.5. The highest BCUT2D eigenvalue weighted by Gasteiger charge is 2.67. The Kier molecular flexibility index (Phi) is 4.46. The minimum absolute atomic E-state index is 0.0490. The molecule has 0 heterocycles. The zero-order valence-corrected chi connectivity index (χ0v) is 17.9. The minimum Gasteiger partial charge on any atom is -0.451 e. The minimum atomic E-state index is -1.03. The summed E-state index contributed by atoms with van der Waals surface area (Å²) in [7, 11) is 0. The van der Waals surface area contributed by atoms with E-state index in [0.29, 0.717) is 23.8 Å². The first-order chi connectivity index (χ1) is 13.0. The van der Waals surface area contributed by atoms with E-state index in [1.807, 2.05) is 0 Å². The molecule has 0 amide bonds. The highest BCUT2D eigenvalue weighted by molar-refractivity contribution is 6.32. The van der Waals surface area contributed by atoms with Crippen LogP contribution in [0, 0.1) is 28.6 Å². The normalized spacial score (nSPS) is 44.6. The summed E-state index contributed by atoms with van der Waals surface area (Å²) >= 11 is 6.71. The van der Waals surface area contributed by atoms with Crippen LogP contribution in [-0.2, 0) is 19.1 Å². The van der Waals surface area contributed by atoms with Crippen molar-refractivity contribution in [1.82, 2.24) is 0 Å². The maximum Gasteiger partial charge on any atom is 0.303 e. The molecule has 0 aromatic rings. The van der Waals surface area contributed by atoms with Crippen molar-refractivity contribution in [2.75, 3.05) is 0 Å². The first-order valence-electron chi connectivity index (χ1n) is 10.4. The number of hydrogen-bond donors (Lipinski definition) is 0. The summed E-state index contributed by atoms with van der Waals surface area (Å²) in [5.74, 6) is 0.584. The molecule has 5 heteroatoms. The summed E-state index contributed by atoms with van der Waals surface area (Å²) < 4.78 is 5.79. The lowest BCUT2D eigenvalue weighted by atomic mass is 9.48. The zero-order chi connectivity index (χ0) is 20.5. The van der Waals surface area contributed by atoms with E-state index in [2.05, 4.69) is 19.9 Å². The summed E-state index contributed by atoms with van der Waals surface area (Å²) in [5.41, 5.74) is -0.532. The number of halogens is 1. The van der Waals surface area contributed by atoms with Gasteiger partial charge in [-0.25, -0.2) is 0 Å². The van der Waals surface area contributed by atoms with Crippen molar-refractivity contribution >= 4 is 29.1 Å². The summed E-state index contributed by atoms with van der Waals surface area (Å²) in [6.45, 7) is 7.33. The van der Waals surface area contributed by atoms with E-state index in [0.717, 1.165) is 31.3 Å². The van der Waals surface area contributed by atoms with Gasteiger partial charge in [0.15, 0.2) is 17.2 Å². The van der Waals surface area contributed by atoms with Gasteiger partial charge in [0.2, 0.25) is 0 Å². The molecule has 0 radical (unpaired) electrons. The fraction of sp³-hybridized carbons (Fsp3) is 0.696. The number of rotatable bonds is 2. The topological polar surface area (TPSA) is 60.4 Å². The second kappa shape index (κ2) is 6.29. The smallest absolute Gasteiger partial charge is 0.303 e. The monoisotopic (exact) mass is 404 g/mol. The van der Waals surface area contributed by atoms with Crippen molar-refractivity contribution in [1.29, 1.82) is 0 Å². The van der Waals surface area contributed by atoms with Gasteiger partial charge in [-0.3, -0.25) is 14.4 Å². The van der Waals surface area contributed by atoms with E-state index >= 15 is 0 Å². The molecule has 0 aromatic carbocycles. The van der Waals surface area contributed by atoms with Crippen LogP contribution in [0.5, 0.6) is 0 Å². The number of carbonyl (C=O) groups excluding carboxylic acids is 3. The molecule has 0 aromatic heterocycles. The van der Waals surface area contributed by atoms with Crippen LogP contribution in [-0.4, -0.2) is 23.1 Å². The first-order valence-corrected chi connectivity index (χ1v) is 10.8. The third kappa shape index (κ3) is 2.46. The summed E-state index contributed by atoms with van der Waals surface area (Å²) in [6, 6.07) is 0. The second-order valence-electron chi connectivity index (χ2n) is 9.72. The SMILES string of the molecule is CC(=O)O[C@]1(C(C)=O)CC[C@@H]2[C@@H]3C=C(Cl)C4=CC(=O)CC[C@]4(C)[C@H]3CC[C@@]21C. The fourth-order valence-electron chi connectivity index (χ4n) is 7.13. The Morgan fingerprint density at radius 3 is 2.43 bits per heavy atom. The van der Waals surface area contributed by atoms with Crippen molar-refractivity contribution in [3.05, 3.63) is 22.8 Å². The number of Topliss-reactive ketones (excluding diaryl/α,β-unsaturated/α-hetero) is 1. The van der Waals surface area contributed by atoms with E-state index in [4.69, 9.17) is 16.3 Å². The molecular weight excluding hydrogens is 376 g/mol. The van der Waals surface area contributed by atoms with Gasteiger partial charge in [0.05, 0.1) is 0 Å². The van der Waals surface area contributed by atoms with Crippen LogP contribution >= 0.6 is 11.6 Å². The highest BCUT2D eigenvalue weighted by Crippen LogP contribution is 2.68. The van der Waals surface area contributed by atoms with Gasteiger partial charge < -0.3 is 4.74 Å². The second-order valence-corrected chi connectivity index (χ2v) is 10.1. The van der Waals surface area contributed by atoms with Gasteiger partial charge >= 0.3 is 5.97 Å². The van der Waals surface area contributed by atoms with Gasteiger partial charge in [0.1, 0.15) is 0 Å². The van der Waals surface area contributed by atoms with Crippen molar-refractivity contribution in [2.45, 2.75) is 71.8 Å². The Morgan fingerprint density at radius 2 is 1.79 bits per heavy atom. The van der Waals surface area contributed by atoms with Crippen LogP contribution in [0.4, 0.5) is 0 Å². The average Bonchev–Trinajstić information content (AvgIpc) is 2.90. The lowest BCUT2D eigenvalue weighted by Crippen LogP contribution is -2.58. The predicted octanol–water partition coefficient (Wildman–Crippen LogP) is 4.75. The molecule has 4 nitrogen and oxygen atoms in total. The number of ketones is 2. The molecular formula is C23H29ClO4. The Labute approximate surface area is 171 Å². The third-order valence-corrected chi connectivity index (χ3v) is 8.89. The molecule has 152 valence electrons. The van der Waals surface area contributed by atoms with Crippen molar-refractivity contribution in [3.63, 3.8) is 0 Å². The molecule has 0 aliphatic heterocycles. The molecule has 2 fully saturated rings. The third-order valence-electron chi connectivity index (χ3n) is 8.56. The zero-order valence-electron chi connectivity index (χ0n) is 17.1. The van der Waals surface area contributed by atoms with Gasteiger partial charge in [-0.2, -0.15) is 0 Å². The number of hydrogen-bond acceptors (Lipinski definition) is 4. The van der Waals surface area contributed by atoms with Gasteiger partial charge in [-0.1, -0.05) is 31.5 Å². The number of allylic oxidation sites excluding steroid dienone is 4. The fourth-order valence-corrected chi connectivity index (χ4v) is 7.55. The molecule has 4 aliphatic carbocycles. The van der Waals surface area contributed by atoms with Crippen LogP contribution in [0.15, 0.2) is 22.8 Å². The van der Waals surface area contributed by atoms with Gasteiger partial charge in [0, 0.05) is 23.8 Å². The summed E-state index contributed by atoms with van der Waals surface area (Å²) in [6.07, 6.45) is 8.48. The van der Waals surface area contributed by atoms with Gasteiger partial charge in [0.25, 0.3) is 0 Å². The first kappa shape index (κ1) is 19.9. The van der Waals surface area contributed by atoms with Crippen LogP contribution in [0.2, 0.25) is 0 Å². The number of esters is 1. The maximum atomic E-state index is 12.7. The Hall–Kier alpha value is -1.42. The van der Waals surface area contributed by atoms with E-state index in [1.54, 1.807) is 13.0 Å². The van der Waals surface area contributed by atoms with Crippen molar-refractivity contribution in [3.8, 4) is 0 Å². The molecule has 0 N–H and O–H groups in total. The maximum absolute atomic E-state index is 12.7. The number of ether oxygens (including phenoxy) is 1. The van der Waals surface area contributed by atoms with Crippen LogP contribution < -0.4 is 0 Å². The largest absolute Gasteiger partial charge is 0.451 e. The Morgan fingerprint density at radius 1 is 1.11 bits per heavy atom. The van der Waals surface area contributed by atoms with Crippen molar-refractivity contribution < 1.29 is 19.1 Å². The van der Waals surface area contributed by atoms with E-state index in [1.165, 1.54) is 6.92 Å². The standard InChI is InChI=1S/C23H29ClO4/c1-13(25)23(28-14(2)26)10-7-18-16-12-20(24)19-11-15(27)5-8-21(19,3)17(16)6-9-22(18,23)4/h11-12,16-18H,5-10H2,1-4H3/t16-,17+,18-,21-,22+,23+/m1/s1. The van der Waals surface area contributed by atoms with Crippen molar-refractivity contribution in [2.24, 2.45) is 28.6 Å². The van der Waals surface area contributed by atoms with Crippen LogP contribution in [0.25, 0.3) is 0 Å². The lowest BCUT2D eigenvalue weighted by molar-refractivity contribution is -0.185.